The maximum absolute atomic E-state index is 14.4. The van der Waals surface area contributed by atoms with Crippen molar-refractivity contribution in [1.82, 2.24) is 0 Å². The van der Waals surface area contributed by atoms with Crippen LogP contribution in [0, 0.1) is 0 Å². The molecule has 0 aromatic carbocycles. The third kappa shape index (κ3) is 21.9. The van der Waals surface area contributed by atoms with Crippen LogP contribution in [0.15, 0.2) is 0 Å². The molecule has 0 rings (SSSR count). The molecule has 7 heteroatoms. The predicted molar refractivity (Wildman–Crippen MR) is 170 cm³/mol. The van der Waals surface area contributed by atoms with Crippen LogP contribution in [-0.4, -0.2) is 67.0 Å². The number of hydrogen-bond donors (Lipinski definition) is 0. The van der Waals surface area contributed by atoms with Gasteiger partial charge in [0.25, 0.3) is 0 Å². The summed E-state index contributed by atoms with van der Waals surface area (Å²) in [6.07, 6.45) is 25.6. The van der Waals surface area contributed by atoms with Crippen LogP contribution in [0.1, 0.15) is 156 Å². The van der Waals surface area contributed by atoms with E-state index in [2.05, 4.69) is 20.8 Å². The smallest absolute Gasteiger partial charge is 0.500 e. The standard InChI is InChI=1S/C33H71FNO3Si.ClH/c1-7-10-11-12-13-14-15-16-17-20-23-30-35(28-8-2,29-9-3)31-24-21-18-19-22-26-33(34)27-25-32-39(36-4,37-5)38-6;/h33H,7-32H2,1-6H3;1H/q+1;/p-1. The summed E-state index contributed by atoms with van der Waals surface area (Å²) in [6, 6.07) is 0.686. The van der Waals surface area contributed by atoms with E-state index in [1.165, 1.54) is 133 Å². The van der Waals surface area contributed by atoms with Gasteiger partial charge in [0, 0.05) is 27.4 Å². The van der Waals surface area contributed by atoms with Gasteiger partial charge in [-0.05, 0) is 57.8 Å². The van der Waals surface area contributed by atoms with Gasteiger partial charge in [-0.25, -0.2) is 4.39 Å². The van der Waals surface area contributed by atoms with Crippen LogP contribution >= 0.6 is 0 Å². The Morgan fingerprint density at radius 3 is 1.27 bits per heavy atom. The van der Waals surface area contributed by atoms with Crippen molar-refractivity contribution >= 4 is 8.80 Å². The third-order valence-corrected chi connectivity index (χ3v) is 11.5. The zero-order chi connectivity index (χ0) is 29.1. The van der Waals surface area contributed by atoms with Gasteiger partial charge in [0.1, 0.15) is 6.17 Å². The summed E-state index contributed by atoms with van der Waals surface area (Å²) in [7, 11) is 2.31. The molecule has 1 unspecified atom stereocenters. The highest BCUT2D eigenvalue weighted by Crippen LogP contribution is 2.21. The van der Waals surface area contributed by atoms with E-state index < -0.39 is 15.0 Å². The SMILES string of the molecule is CCCCCCCCCCCCC[N+](CCC)(CCC)CCCCCCCC(F)CCC[Si](OC)(OC)OC.[Cl-]. The van der Waals surface area contributed by atoms with Gasteiger partial charge < -0.3 is 30.2 Å². The second-order valence-electron chi connectivity index (χ2n) is 12.1. The number of rotatable bonds is 31. The molecule has 0 heterocycles. The lowest BCUT2D eigenvalue weighted by molar-refractivity contribution is -0.928. The monoisotopic (exact) mass is 611 g/mol. The first-order valence-electron chi connectivity index (χ1n) is 17.1. The molecule has 0 saturated carbocycles. The molecule has 4 nitrogen and oxygen atoms in total. The maximum Gasteiger partial charge on any atom is 0.500 e. The molecule has 0 N–H and O–H groups in total. The Bertz CT molecular complexity index is 500. The van der Waals surface area contributed by atoms with Gasteiger partial charge in [-0.3, -0.25) is 0 Å². The molecule has 0 amide bonds. The Labute approximate surface area is 258 Å². The van der Waals surface area contributed by atoms with Crippen molar-refractivity contribution in [3.05, 3.63) is 0 Å². The molecule has 0 spiro atoms. The highest BCUT2D eigenvalue weighted by molar-refractivity contribution is 6.60. The average Bonchev–Trinajstić information content (AvgIpc) is 2.94. The number of unbranched alkanes of at least 4 members (excludes halogenated alkanes) is 14. The minimum absolute atomic E-state index is 0. The normalized spacial score (nSPS) is 13.0. The van der Waals surface area contributed by atoms with Gasteiger partial charge in [0.05, 0.1) is 26.2 Å². The molecule has 244 valence electrons. The van der Waals surface area contributed by atoms with E-state index in [4.69, 9.17) is 13.3 Å². The van der Waals surface area contributed by atoms with Gasteiger partial charge in [-0.2, -0.15) is 0 Å². The van der Waals surface area contributed by atoms with E-state index in [0.29, 0.717) is 18.9 Å². The Balaban J connectivity index is 0. The van der Waals surface area contributed by atoms with Gasteiger partial charge in [-0.1, -0.05) is 97.8 Å². The quantitative estimate of drug-likeness (QED) is 0.0468. The van der Waals surface area contributed by atoms with Crippen LogP contribution < -0.4 is 12.4 Å². The lowest BCUT2D eigenvalue weighted by Crippen LogP contribution is -3.00. The average molecular weight is 612 g/mol. The number of alkyl halides is 1. The molecule has 0 saturated heterocycles. The van der Waals surface area contributed by atoms with E-state index in [1.807, 2.05) is 0 Å². The molecular weight excluding hydrogens is 541 g/mol. The molecule has 40 heavy (non-hydrogen) atoms. The number of hydrogen-bond acceptors (Lipinski definition) is 3. The van der Waals surface area contributed by atoms with Gasteiger partial charge in [0.2, 0.25) is 0 Å². The first-order chi connectivity index (χ1) is 19.0. The van der Waals surface area contributed by atoms with Crippen LogP contribution in [0.5, 0.6) is 0 Å². The van der Waals surface area contributed by atoms with Crippen LogP contribution in [0.3, 0.4) is 0 Å². The summed E-state index contributed by atoms with van der Waals surface area (Å²) in [4.78, 5) is 0. The van der Waals surface area contributed by atoms with E-state index in [1.54, 1.807) is 21.3 Å². The van der Waals surface area contributed by atoms with Crippen molar-refractivity contribution in [3.8, 4) is 0 Å². The highest BCUT2D eigenvalue weighted by atomic mass is 35.5. The van der Waals surface area contributed by atoms with Gasteiger partial charge in [-0.15, -0.1) is 0 Å². The van der Waals surface area contributed by atoms with Crippen molar-refractivity contribution in [1.29, 1.82) is 0 Å². The summed E-state index contributed by atoms with van der Waals surface area (Å²) in [5, 5.41) is 0. The fourth-order valence-corrected chi connectivity index (χ4v) is 8.06. The van der Waals surface area contributed by atoms with Crippen LogP contribution in [0.2, 0.25) is 6.04 Å². The van der Waals surface area contributed by atoms with Crippen LogP contribution in [0.4, 0.5) is 4.39 Å². The summed E-state index contributed by atoms with van der Waals surface area (Å²) in [6.45, 7) is 12.4. The molecule has 1 atom stereocenters. The molecule has 0 aromatic rings. The minimum Gasteiger partial charge on any atom is -1.00 e. The highest BCUT2D eigenvalue weighted by Gasteiger charge is 2.37. The first-order valence-corrected chi connectivity index (χ1v) is 19.0. The maximum atomic E-state index is 14.4. The van der Waals surface area contributed by atoms with Gasteiger partial charge in [0.15, 0.2) is 0 Å². The largest absolute Gasteiger partial charge is 1.00 e. The molecule has 0 radical (unpaired) electrons. The molecule has 0 aliphatic heterocycles. The van der Waals surface area contributed by atoms with E-state index in [0.717, 1.165) is 19.3 Å². The van der Waals surface area contributed by atoms with E-state index in [-0.39, 0.29) is 12.4 Å². The van der Waals surface area contributed by atoms with Gasteiger partial charge >= 0.3 is 8.80 Å². The zero-order valence-electron chi connectivity index (χ0n) is 27.9. The molecule has 0 fully saturated rings. The fourth-order valence-electron chi connectivity index (χ4n) is 6.31. The number of quaternary nitrogens is 1. The second-order valence-corrected chi connectivity index (χ2v) is 15.2. The topological polar surface area (TPSA) is 27.7 Å². The Hall–Kier alpha value is 0.277. The van der Waals surface area contributed by atoms with Crippen molar-refractivity contribution < 1.29 is 34.6 Å². The number of halogens is 2. The minimum atomic E-state index is -2.56. The molecule has 0 aliphatic rings. The fraction of sp³-hybridized carbons (Fsp3) is 1.00. The Kier molecular flexibility index (Phi) is 31.1. The third-order valence-electron chi connectivity index (χ3n) is 8.72. The van der Waals surface area contributed by atoms with Crippen LogP contribution in [0.25, 0.3) is 0 Å². The van der Waals surface area contributed by atoms with E-state index in [9.17, 15) is 4.39 Å². The molecule has 0 aromatic heterocycles. The van der Waals surface area contributed by atoms with Crippen molar-refractivity contribution in [2.24, 2.45) is 0 Å². The molecular formula is C33H71ClFNO3Si. The lowest BCUT2D eigenvalue weighted by atomic mass is 10.0. The van der Waals surface area contributed by atoms with Crippen molar-refractivity contribution in [2.45, 2.75) is 168 Å². The molecule has 0 aliphatic carbocycles. The van der Waals surface area contributed by atoms with Crippen LogP contribution in [-0.2, 0) is 13.3 Å². The first kappa shape index (κ1) is 42.4. The second kappa shape index (κ2) is 29.4. The summed E-state index contributed by atoms with van der Waals surface area (Å²) in [5.74, 6) is 0. The predicted octanol–water partition coefficient (Wildman–Crippen LogP) is 7.28. The summed E-state index contributed by atoms with van der Waals surface area (Å²) >= 11 is 0. The Morgan fingerprint density at radius 1 is 0.500 bits per heavy atom. The van der Waals surface area contributed by atoms with E-state index >= 15 is 0 Å². The van der Waals surface area contributed by atoms with Crippen molar-refractivity contribution in [3.63, 3.8) is 0 Å². The summed E-state index contributed by atoms with van der Waals surface area (Å²) in [5.41, 5.74) is 0. The van der Waals surface area contributed by atoms with Crippen molar-refractivity contribution in [2.75, 3.05) is 47.5 Å². The molecule has 0 bridgehead atoms. The Morgan fingerprint density at radius 2 is 0.875 bits per heavy atom. The number of nitrogens with zero attached hydrogens (tertiary/aromatic N) is 1. The summed E-state index contributed by atoms with van der Waals surface area (Å²) < 4.78 is 32.0. The zero-order valence-corrected chi connectivity index (χ0v) is 29.6. The lowest BCUT2D eigenvalue weighted by Gasteiger charge is -2.39.